The van der Waals surface area contributed by atoms with Crippen LogP contribution in [0.25, 0.3) is 22.1 Å². The molecule has 8 nitrogen and oxygen atoms in total. The average Bonchev–Trinajstić information content (AvgIpc) is 3.51. The van der Waals surface area contributed by atoms with Crippen LogP contribution in [0, 0.1) is 25.5 Å². The summed E-state index contributed by atoms with van der Waals surface area (Å²) in [5.41, 5.74) is 2.34. The van der Waals surface area contributed by atoms with Gasteiger partial charge in [0.05, 0.1) is 22.2 Å². The number of hydrogen-bond donors (Lipinski definition) is 0. The largest absolute Gasteiger partial charge is 0.269 e. The zero-order valence-electron chi connectivity index (χ0n) is 21.5. The Bertz CT molecular complexity index is 2130. The van der Waals surface area contributed by atoms with Crippen molar-refractivity contribution in [1.29, 1.82) is 0 Å². The number of rotatable bonds is 4. The second-order valence-corrected chi connectivity index (χ2v) is 13.6. The second-order valence-electron chi connectivity index (χ2n) is 9.11. The normalized spacial score (nSPS) is 11.9. The fourth-order valence-electron chi connectivity index (χ4n) is 4.01. The minimum absolute atomic E-state index is 0.156. The number of benzene rings is 2. The Hall–Kier alpha value is -3.94. The molecule has 6 aromatic rings. The molecule has 0 fully saturated rings. The molecule has 210 valence electrons. The van der Waals surface area contributed by atoms with Crippen LogP contribution in [0.3, 0.4) is 0 Å². The summed E-state index contributed by atoms with van der Waals surface area (Å²) >= 11 is 3.24. The lowest BCUT2D eigenvalue weighted by Gasteiger charge is -2.07. The lowest BCUT2D eigenvalue weighted by molar-refractivity contribution is 0.586. The molecule has 0 radical (unpaired) electrons. The van der Waals surface area contributed by atoms with Crippen molar-refractivity contribution in [2.45, 2.75) is 23.6 Å². The molecule has 41 heavy (non-hydrogen) atoms. The van der Waals surface area contributed by atoms with E-state index in [9.17, 15) is 25.6 Å². The predicted octanol–water partition coefficient (Wildman–Crippen LogP) is 6.20. The molecule has 4 aromatic heterocycles. The fourth-order valence-corrected chi connectivity index (χ4v) is 7.28. The van der Waals surface area contributed by atoms with Gasteiger partial charge in [-0.1, -0.05) is 35.4 Å². The lowest BCUT2D eigenvalue weighted by Crippen LogP contribution is -2.12. The van der Waals surface area contributed by atoms with Gasteiger partial charge < -0.3 is 0 Å². The number of nitrogens with zero attached hydrogens (tertiary/aromatic N) is 4. The van der Waals surface area contributed by atoms with E-state index in [0.717, 1.165) is 31.5 Å². The van der Waals surface area contributed by atoms with E-state index in [2.05, 4.69) is 25.9 Å². The molecule has 0 saturated heterocycles. The first-order valence-corrected chi connectivity index (χ1v) is 15.6. The van der Waals surface area contributed by atoms with E-state index in [1.807, 2.05) is 13.8 Å². The molecule has 0 atom stereocenters. The monoisotopic (exact) mass is 658 g/mol. The van der Waals surface area contributed by atoms with E-state index in [1.54, 1.807) is 36.4 Å². The van der Waals surface area contributed by atoms with Gasteiger partial charge in [0, 0.05) is 27.6 Å². The maximum atomic E-state index is 13.2. The third-order valence-electron chi connectivity index (χ3n) is 6.15. The minimum Gasteiger partial charge on any atom is -0.234 e. The predicted molar refractivity (Wildman–Crippen MR) is 155 cm³/mol. The zero-order chi connectivity index (χ0) is 29.5. The van der Waals surface area contributed by atoms with Crippen LogP contribution >= 0.6 is 15.9 Å². The molecule has 0 aliphatic rings. The van der Waals surface area contributed by atoms with Crippen molar-refractivity contribution < 1.29 is 25.6 Å². The highest BCUT2D eigenvalue weighted by Gasteiger charge is 2.22. The van der Waals surface area contributed by atoms with Crippen molar-refractivity contribution in [2.24, 2.45) is 0 Å². The Morgan fingerprint density at radius 2 is 1.17 bits per heavy atom. The molecule has 0 spiro atoms. The molecule has 0 saturated carbocycles. The Morgan fingerprint density at radius 1 is 0.683 bits per heavy atom. The summed E-state index contributed by atoms with van der Waals surface area (Å²) in [5, 5.41) is 0.853. The van der Waals surface area contributed by atoms with Gasteiger partial charge in [0.15, 0.2) is 11.3 Å². The van der Waals surface area contributed by atoms with Gasteiger partial charge in [-0.3, -0.25) is 0 Å². The summed E-state index contributed by atoms with van der Waals surface area (Å²) in [6.07, 6.45) is 4.76. The maximum absolute atomic E-state index is 13.2. The zero-order valence-corrected chi connectivity index (χ0v) is 24.8. The van der Waals surface area contributed by atoms with Crippen molar-refractivity contribution in [3.8, 4) is 0 Å². The van der Waals surface area contributed by atoms with Crippen LogP contribution in [0.2, 0.25) is 0 Å². The van der Waals surface area contributed by atoms with E-state index in [0.29, 0.717) is 15.2 Å². The van der Waals surface area contributed by atoms with Crippen molar-refractivity contribution >= 4 is 58.0 Å². The van der Waals surface area contributed by atoms with Gasteiger partial charge in [0.2, 0.25) is 0 Å². The number of halogens is 3. The Morgan fingerprint density at radius 3 is 1.73 bits per heavy atom. The van der Waals surface area contributed by atoms with Crippen molar-refractivity contribution in [3.05, 3.63) is 119 Å². The third-order valence-corrected chi connectivity index (χ3v) is 10.1. The standard InChI is InChI=1S/C14H10BrFN2O2S.C14H11FN2O2S/c1-9-2-4-11(5-3-9)21(19,20)18-8-13(15)12-6-10(16)7-17-14(12)18;1-10-2-4-13(5-3-10)20(18,19)17-7-6-11-8-12(15)9-16-14(11)17/h2-8H,1H3;2-9H,1H3. The maximum Gasteiger partial charge on any atom is 0.269 e. The lowest BCUT2D eigenvalue weighted by atomic mass is 10.2. The van der Waals surface area contributed by atoms with E-state index >= 15 is 0 Å². The summed E-state index contributed by atoms with van der Waals surface area (Å²) < 4.78 is 79.3. The van der Waals surface area contributed by atoms with Gasteiger partial charge in [0.1, 0.15) is 11.6 Å². The molecular formula is C28H21BrF2N4O4S2. The summed E-state index contributed by atoms with van der Waals surface area (Å²) in [6.45, 7) is 3.76. The smallest absolute Gasteiger partial charge is 0.234 e. The SMILES string of the molecule is Cc1ccc(S(=O)(=O)n2cc(Br)c3cc(F)cnc32)cc1.Cc1ccc(S(=O)(=O)n2ccc3cc(F)cnc32)cc1. The van der Waals surface area contributed by atoms with Crippen LogP contribution in [0.1, 0.15) is 11.1 Å². The first kappa shape index (κ1) is 28.6. The van der Waals surface area contributed by atoms with E-state index in [-0.39, 0.29) is 21.1 Å². The van der Waals surface area contributed by atoms with Gasteiger partial charge in [0.25, 0.3) is 20.0 Å². The number of pyridine rings is 2. The molecule has 0 aliphatic heterocycles. The van der Waals surface area contributed by atoms with Crippen molar-refractivity contribution in [1.82, 2.24) is 17.9 Å². The molecule has 0 aliphatic carbocycles. The minimum atomic E-state index is -3.77. The van der Waals surface area contributed by atoms with Gasteiger partial charge in [-0.05, 0) is 72.2 Å². The Balaban J connectivity index is 0.000000165. The van der Waals surface area contributed by atoms with Crippen LogP contribution in [0.15, 0.2) is 106 Å². The molecule has 2 aromatic carbocycles. The van der Waals surface area contributed by atoms with Gasteiger partial charge >= 0.3 is 0 Å². The van der Waals surface area contributed by atoms with Crippen molar-refractivity contribution in [2.75, 3.05) is 0 Å². The number of hydrogen-bond acceptors (Lipinski definition) is 6. The van der Waals surface area contributed by atoms with Gasteiger partial charge in [-0.25, -0.2) is 43.5 Å². The highest BCUT2D eigenvalue weighted by molar-refractivity contribution is 9.10. The molecule has 13 heteroatoms. The van der Waals surface area contributed by atoms with E-state index in [4.69, 9.17) is 0 Å². The quantitative estimate of drug-likeness (QED) is 0.223. The van der Waals surface area contributed by atoms with Crippen LogP contribution in [-0.4, -0.2) is 34.7 Å². The summed E-state index contributed by atoms with van der Waals surface area (Å²) in [7, 11) is -7.49. The molecule has 6 rings (SSSR count). The van der Waals surface area contributed by atoms with Crippen LogP contribution in [0.4, 0.5) is 8.78 Å². The van der Waals surface area contributed by atoms with E-state index in [1.165, 1.54) is 42.7 Å². The van der Waals surface area contributed by atoms with Crippen LogP contribution in [0.5, 0.6) is 0 Å². The third kappa shape index (κ3) is 5.52. The fraction of sp³-hybridized carbons (Fsp3) is 0.0714. The molecule has 0 N–H and O–H groups in total. The highest BCUT2D eigenvalue weighted by atomic mass is 79.9. The van der Waals surface area contributed by atoms with E-state index < -0.39 is 31.7 Å². The van der Waals surface area contributed by atoms with Crippen molar-refractivity contribution in [3.63, 3.8) is 0 Å². The summed E-state index contributed by atoms with van der Waals surface area (Å²) in [4.78, 5) is 8.08. The Kier molecular flexibility index (Phi) is 7.53. The first-order valence-electron chi connectivity index (χ1n) is 12.0. The number of aromatic nitrogens is 4. The molecule has 0 amide bonds. The highest BCUT2D eigenvalue weighted by Crippen LogP contribution is 2.29. The number of aryl methyl sites for hydroxylation is 2. The molecule has 4 heterocycles. The second kappa shape index (κ2) is 10.8. The van der Waals surface area contributed by atoms with Gasteiger partial charge in [-0.2, -0.15) is 0 Å². The molecular weight excluding hydrogens is 638 g/mol. The summed E-state index contributed by atoms with van der Waals surface area (Å²) in [6, 6.07) is 17.1. The van der Waals surface area contributed by atoms with Crippen LogP contribution < -0.4 is 0 Å². The first-order chi connectivity index (χ1) is 19.4. The summed E-state index contributed by atoms with van der Waals surface area (Å²) in [5.74, 6) is -1.02. The molecule has 0 bridgehead atoms. The van der Waals surface area contributed by atoms with Gasteiger partial charge in [-0.15, -0.1) is 0 Å². The molecule has 0 unspecified atom stereocenters. The Labute approximate surface area is 243 Å². The van der Waals surface area contributed by atoms with Crippen LogP contribution in [-0.2, 0) is 20.0 Å². The average molecular weight is 660 g/mol. The topological polar surface area (TPSA) is 104 Å². The number of fused-ring (bicyclic) bond motifs is 2.